The summed E-state index contributed by atoms with van der Waals surface area (Å²) in [4.78, 5) is 14.6. The number of nitrogens with zero attached hydrogens (tertiary/aromatic N) is 1. The standard InChI is InChI=1S/C22H32N2O2/c1-5-24(6-2)20(21-8-7-15-26-21)16-23-22(25)14-11-18-9-12-19(13-10-18)17(3)4/h7-10,12-13,15,17,20H,5-6,11,14,16H2,1-4H3,(H,23,25). The zero-order valence-corrected chi connectivity index (χ0v) is 16.5. The fourth-order valence-electron chi connectivity index (χ4n) is 3.18. The van der Waals surface area contributed by atoms with Crippen molar-refractivity contribution in [2.75, 3.05) is 19.6 Å². The number of benzene rings is 1. The van der Waals surface area contributed by atoms with Gasteiger partial charge in [-0.05, 0) is 48.7 Å². The summed E-state index contributed by atoms with van der Waals surface area (Å²) in [5, 5.41) is 3.08. The molecule has 0 aliphatic rings. The number of likely N-dealkylation sites (N-methyl/N-ethyl adjacent to an activating group) is 1. The van der Waals surface area contributed by atoms with E-state index in [1.165, 1.54) is 11.1 Å². The Bertz CT molecular complexity index is 643. The maximum atomic E-state index is 12.3. The van der Waals surface area contributed by atoms with Crippen LogP contribution in [-0.2, 0) is 11.2 Å². The quantitative estimate of drug-likeness (QED) is 0.680. The van der Waals surface area contributed by atoms with Crippen molar-refractivity contribution < 1.29 is 9.21 Å². The lowest BCUT2D eigenvalue weighted by molar-refractivity contribution is -0.121. The number of furan rings is 1. The van der Waals surface area contributed by atoms with Gasteiger partial charge < -0.3 is 9.73 Å². The molecule has 0 bridgehead atoms. The van der Waals surface area contributed by atoms with Crippen molar-refractivity contribution in [3.8, 4) is 0 Å². The first kappa shape index (κ1) is 20.2. The van der Waals surface area contributed by atoms with Crippen molar-refractivity contribution in [1.82, 2.24) is 10.2 Å². The predicted octanol–water partition coefficient (Wildman–Crippen LogP) is 4.53. The molecule has 1 aromatic carbocycles. The van der Waals surface area contributed by atoms with Crippen LogP contribution >= 0.6 is 0 Å². The molecule has 142 valence electrons. The average Bonchev–Trinajstić information content (AvgIpc) is 3.18. The third kappa shape index (κ3) is 5.73. The summed E-state index contributed by atoms with van der Waals surface area (Å²) in [6, 6.07) is 12.5. The van der Waals surface area contributed by atoms with Crippen molar-refractivity contribution in [2.45, 2.75) is 52.5 Å². The van der Waals surface area contributed by atoms with Gasteiger partial charge in [0, 0.05) is 13.0 Å². The molecule has 1 aromatic heterocycles. The lowest BCUT2D eigenvalue weighted by Gasteiger charge is -2.28. The molecule has 0 radical (unpaired) electrons. The van der Waals surface area contributed by atoms with Crippen LogP contribution in [0, 0.1) is 0 Å². The second-order valence-electron chi connectivity index (χ2n) is 6.95. The summed E-state index contributed by atoms with van der Waals surface area (Å²) in [7, 11) is 0. The van der Waals surface area contributed by atoms with E-state index in [0.29, 0.717) is 18.9 Å². The molecule has 1 heterocycles. The highest BCUT2D eigenvalue weighted by Gasteiger charge is 2.21. The first-order valence-corrected chi connectivity index (χ1v) is 9.68. The molecule has 2 aromatic rings. The van der Waals surface area contributed by atoms with Crippen LogP contribution in [0.1, 0.15) is 63.0 Å². The molecule has 0 spiro atoms. The summed E-state index contributed by atoms with van der Waals surface area (Å²) in [5.41, 5.74) is 2.54. The Hall–Kier alpha value is -2.07. The van der Waals surface area contributed by atoms with E-state index in [1.807, 2.05) is 12.1 Å². The summed E-state index contributed by atoms with van der Waals surface area (Å²) < 4.78 is 5.58. The molecule has 1 amide bonds. The van der Waals surface area contributed by atoms with Crippen molar-refractivity contribution in [3.05, 3.63) is 59.5 Å². The zero-order valence-electron chi connectivity index (χ0n) is 16.5. The van der Waals surface area contributed by atoms with Gasteiger partial charge >= 0.3 is 0 Å². The van der Waals surface area contributed by atoms with Gasteiger partial charge in [-0.15, -0.1) is 0 Å². The maximum absolute atomic E-state index is 12.3. The fourth-order valence-corrected chi connectivity index (χ4v) is 3.18. The minimum absolute atomic E-state index is 0.0780. The van der Waals surface area contributed by atoms with Crippen LogP contribution < -0.4 is 5.32 Å². The summed E-state index contributed by atoms with van der Waals surface area (Å²) in [6.07, 6.45) is 2.96. The molecule has 26 heavy (non-hydrogen) atoms. The summed E-state index contributed by atoms with van der Waals surface area (Å²) in [5.74, 6) is 1.52. The van der Waals surface area contributed by atoms with E-state index in [0.717, 1.165) is 25.3 Å². The Labute approximate surface area is 157 Å². The molecule has 1 atom stereocenters. The van der Waals surface area contributed by atoms with Crippen LogP contribution in [0.2, 0.25) is 0 Å². The number of rotatable bonds is 10. The van der Waals surface area contributed by atoms with Crippen LogP contribution in [0.3, 0.4) is 0 Å². The van der Waals surface area contributed by atoms with Crippen molar-refractivity contribution in [3.63, 3.8) is 0 Å². The van der Waals surface area contributed by atoms with Gasteiger partial charge in [0.15, 0.2) is 0 Å². The van der Waals surface area contributed by atoms with Crippen LogP contribution in [0.25, 0.3) is 0 Å². The van der Waals surface area contributed by atoms with Crippen molar-refractivity contribution in [2.24, 2.45) is 0 Å². The first-order chi connectivity index (χ1) is 12.5. The highest BCUT2D eigenvalue weighted by atomic mass is 16.3. The topological polar surface area (TPSA) is 45.5 Å². The lowest BCUT2D eigenvalue weighted by atomic mass is 10.0. The normalized spacial score (nSPS) is 12.5. The van der Waals surface area contributed by atoms with Gasteiger partial charge in [0.25, 0.3) is 0 Å². The molecule has 0 aliphatic carbocycles. The second-order valence-corrected chi connectivity index (χ2v) is 6.95. The van der Waals surface area contributed by atoms with E-state index in [2.05, 4.69) is 62.2 Å². The molecular formula is C22H32N2O2. The third-order valence-electron chi connectivity index (χ3n) is 4.90. The second kappa shape index (κ2) is 10.2. The molecule has 4 heteroatoms. The molecule has 0 saturated carbocycles. The van der Waals surface area contributed by atoms with Crippen molar-refractivity contribution in [1.29, 1.82) is 0 Å². The van der Waals surface area contributed by atoms with Crippen molar-refractivity contribution >= 4 is 5.91 Å². The minimum Gasteiger partial charge on any atom is -0.468 e. The molecule has 4 nitrogen and oxygen atoms in total. The molecule has 0 saturated heterocycles. The van der Waals surface area contributed by atoms with E-state index in [4.69, 9.17) is 4.42 Å². The predicted molar refractivity (Wildman–Crippen MR) is 106 cm³/mol. The smallest absolute Gasteiger partial charge is 0.220 e. The Morgan fingerprint density at radius 1 is 1.12 bits per heavy atom. The van der Waals surface area contributed by atoms with Gasteiger partial charge in [-0.3, -0.25) is 9.69 Å². The molecular weight excluding hydrogens is 324 g/mol. The van der Waals surface area contributed by atoms with Crippen LogP contribution in [0.15, 0.2) is 47.1 Å². The third-order valence-corrected chi connectivity index (χ3v) is 4.90. The van der Waals surface area contributed by atoms with Gasteiger partial charge in [-0.25, -0.2) is 0 Å². The van der Waals surface area contributed by atoms with E-state index in [9.17, 15) is 4.79 Å². The Morgan fingerprint density at radius 2 is 1.81 bits per heavy atom. The maximum Gasteiger partial charge on any atom is 0.220 e. The summed E-state index contributed by atoms with van der Waals surface area (Å²) >= 11 is 0. The number of hydrogen-bond donors (Lipinski definition) is 1. The van der Waals surface area contributed by atoms with E-state index >= 15 is 0 Å². The van der Waals surface area contributed by atoms with Crippen LogP contribution in [0.4, 0.5) is 0 Å². The number of hydrogen-bond acceptors (Lipinski definition) is 3. The average molecular weight is 357 g/mol. The molecule has 1 unspecified atom stereocenters. The highest BCUT2D eigenvalue weighted by Crippen LogP contribution is 2.20. The number of aryl methyl sites for hydroxylation is 1. The zero-order chi connectivity index (χ0) is 18.9. The fraction of sp³-hybridized carbons (Fsp3) is 0.500. The number of carbonyl (C=O) groups is 1. The number of carbonyl (C=O) groups excluding carboxylic acids is 1. The van der Waals surface area contributed by atoms with Gasteiger partial charge in [0.05, 0.1) is 12.3 Å². The van der Waals surface area contributed by atoms with Gasteiger partial charge in [-0.1, -0.05) is 52.0 Å². The number of nitrogens with one attached hydrogen (secondary N) is 1. The highest BCUT2D eigenvalue weighted by molar-refractivity contribution is 5.76. The number of amides is 1. The Balaban J connectivity index is 1.86. The van der Waals surface area contributed by atoms with E-state index < -0.39 is 0 Å². The Kier molecular flexibility index (Phi) is 7.92. The van der Waals surface area contributed by atoms with Gasteiger partial charge in [0.1, 0.15) is 5.76 Å². The Morgan fingerprint density at radius 3 is 2.35 bits per heavy atom. The minimum atomic E-state index is 0.0780. The molecule has 1 N–H and O–H groups in total. The van der Waals surface area contributed by atoms with Gasteiger partial charge in [-0.2, -0.15) is 0 Å². The monoisotopic (exact) mass is 356 g/mol. The van der Waals surface area contributed by atoms with Crippen LogP contribution in [0.5, 0.6) is 0 Å². The molecule has 2 rings (SSSR count). The molecule has 0 fully saturated rings. The first-order valence-electron chi connectivity index (χ1n) is 9.68. The van der Waals surface area contributed by atoms with E-state index in [-0.39, 0.29) is 11.9 Å². The SMILES string of the molecule is CCN(CC)C(CNC(=O)CCc1ccc(C(C)C)cc1)c1ccco1. The van der Waals surface area contributed by atoms with E-state index in [1.54, 1.807) is 6.26 Å². The van der Waals surface area contributed by atoms with Crippen LogP contribution in [-0.4, -0.2) is 30.4 Å². The van der Waals surface area contributed by atoms with Gasteiger partial charge in [0.2, 0.25) is 5.91 Å². The summed E-state index contributed by atoms with van der Waals surface area (Å²) in [6.45, 7) is 11.0. The lowest BCUT2D eigenvalue weighted by Crippen LogP contribution is -2.38. The largest absolute Gasteiger partial charge is 0.468 e. The molecule has 0 aliphatic heterocycles.